The molecule has 3 rings (SSSR count). The number of nitrogens with one attached hydrogen (secondary N) is 1. The van der Waals surface area contributed by atoms with Crippen molar-refractivity contribution in [2.45, 2.75) is 13.0 Å². The van der Waals surface area contributed by atoms with E-state index in [4.69, 9.17) is 16.3 Å². The van der Waals surface area contributed by atoms with Gasteiger partial charge in [0.25, 0.3) is 0 Å². The summed E-state index contributed by atoms with van der Waals surface area (Å²) in [6.07, 6.45) is -0.314. The molecule has 20 heavy (non-hydrogen) atoms. The Hall–Kier alpha value is -2.07. The van der Waals surface area contributed by atoms with Crippen LogP contribution in [0.25, 0.3) is 11.0 Å². The van der Waals surface area contributed by atoms with E-state index >= 15 is 0 Å². The third-order valence-electron chi connectivity index (χ3n) is 2.99. The highest BCUT2D eigenvalue weighted by molar-refractivity contribution is 6.32. The lowest BCUT2D eigenvalue weighted by atomic mass is 10.3. The molecule has 3 nitrogen and oxygen atoms in total. The average Bonchev–Trinajstić information content (AvgIpc) is 2.84. The van der Waals surface area contributed by atoms with E-state index in [-0.39, 0.29) is 11.9 Å². The van der Waals surface area contributed by atoms with Crippen molar-refractivity contribution >= 4 is 22.6 Å². The Bertz CT molecular complexity index is 756. The fraction of sp³-hybridized carbons (Fsp3) is 0.133. The van der Waals surface area contributed by atoms with Gasteiger partial charge in [0.05, 0.1) is 16.1 Å². The molecule has 0 unspecified atom stereocenters. The molecular formula is C15H12ClFN2O. The highest BCUT2D eigenvalue weighted by Gasteiger charge is 2.14. The normalized spacial score (nSPS) is 12.6. The van der Waals surface area contributed by atoms with Crippen LogP contribution >= 0.6 is 11.6 Å². The quantitative estimate of drug-likeness (QED) is 0.771. The summed E-state index contributed by atoms with van der Waals surface area (Å²) < 4.78 is 18.9. The van der Waals surface area contributed by atoms with Crippen LogP contribution in [0.2, 0.25) is 5.02 Å². The fourth-order valence-corrected chi connectivity index (χ4v) is 2.16. The number of hydrogen-bond acceptors (Lipinski definition) is 2. The number of aromatic amines is 1. The van der Waals surface area contributed by atoms with E-state index in [1.807, 2.05) is 19.1 Å². The second-order valence-electron chi connectivity index (χ2n) is 4.47. The Morgan fingerprint density at radius 3 is 2.85 bits per heavy atom. The maximum Gasteiger partial charge on any atom is 0.153 e. The number of para-hydroxylation sites is 1. The van der Waals surface area contributed by atoms with Gasteiger partial charge in [-0.15, -0.1) is 0 Å². The Morgan fingerprint density at radius 1 is 1.25 bits per heavy atom. The first-order valence-electron chi connectivity index (χ1n) is 6.20. The van der Waals surface area contributed by atoms with Gasteiger partial charge < -0.3 is 9.72 Å². The van der Waals surface area contributed by atoms with Gasteiger partial charge in [-0.3, -0.25) is 0 Å². The third-order valence-corrected chi connectivity index (χ3v) is 3.30. The van der Waals surface area contributed by atoms with Crippen molar-refractivity contribution in [2.24, 2.45) is 0 Å². The minimum Gasteiger partial charge on any atom is -0.481 e. The Morgan fingerprint density at radius 2 is 2.05 bits per heavy atom. The molecule has 0 fully saturated rings. The number of ether oxygens (including phenoxy) is 1. The number of imidazole rings is 1. The van der Waals surface area contributed by atoms with Crippen molar-refractivity contribution in [3.8, 4) is 5.75 Å². The first-order valence-corrected chi connectivity index (χ1v) is 6.57. The zero-order valence-electron chi connectivity index (χ0n) is 10.7. The average molecular weight is 291 g/mol. The lowest BCUT2D eigenvalue weighted by molar-refractivity contribution is 0.218. The first kappa shape index (κ1) is 12.9. The fourth-order valence-electron chi connectivity index (χ4n) is 1.98. The number of nitrogens with zero attached hydrogens (tertiary/aromatic N) is 1. The largest absolute Gasteiger partial charge is 0.481 e. The van der Waals surface area contributed by atoms with Gasteiger partial charge in [0, 0.05) is 0 Å². The maximum atomic E-state index is 13.2. The van der Waals surface area contributed by atoms with Gasteiger partial charge in [0.1, 0.15) is 17.4 Å². The molecule has 0 spiro atoms. The van der Waals surface area contributed by atoms with Gasteiger partial charge in [0.15, 0.2) is 6.10 Å². The standard InChI is InChI=1S/C15H12ClFN2O/c1-9(20-14-5-3-2-4-11(14)16)15-18-12-7-6-10(17)8-13(12)19-15/h2-9H,1H3,(H,18,19)/t9-/m1/s1. The molecule has 0 saturated heterocycles. The number of halogens is 2. The summed E-state index contributed by atoms with van der Waals surface area (Å²) in [5.41, 5.74) is 1.35. The molecule has 102 valence electrons. The van der Waals surface area contributed by atoms with Crippen LogP contribution < -0.4 is 4.74 Å². The number of aromatic nitrogens is 2. The molecule has 2 aromatic carbocycles. The summed E-state index contributed by atoms with van der Waals surface area (Å²) >= 11 is 6.05. The van der Waals surface area contributed by atoms with Gasteiger partial charge in [0.2, 0.25) is 0 Å². The van der Waals surface area contributed by atoms with Gasteiger partial charge in [-0.2, -0.15) is 0 Å². The summed E-state index contributed by atoms with van der Waals surface area (Å²) in [6, 6.07) is 11.7. The molecule has 1 atom stereocenters. The molecule has 5 heteroatoms. The van der Waals surface area contributed by atoms with Crippen molar-refractivity contribution < 1.29 is 9.13 Å². The van der Waals surface area contributed by atoms with E-state index in [9.17, 15) is 4.39 Å². The van der Waals surface area contributed by atoms with E-state index in [0.29, 0.717) is 27.6 Å². The van der Waals surface area contributed by atoms with Gasteiger partial charge >= 0.3 is 0 Å². The van der Waals surface area contributed by atoms with E-state index in [1.54, 1.807) is 18.2 Å². The highest BCUT2D eigenvalue weighted by Crippen LogP contribution is 2.28. The highest BCUT2D eigenvalue weighted by atomic mass is 35.5. The summed E-state index contributed by atoms with van der Waals surface area (Å²) in [4.78, 5) is 7.45. The van der Waals surface area contributed by atoms with Crippen molar-refractivity contribution in [3.05, 3.63) is 59.1 Å². The number of hydrogen-bond donors (Lipinski definition) is 1. The van der Waals surface area contributed by atoms with Gasteiger partial charge in [-0.25, -0.2) is 9.37 Å². The van der Waals surface area contributed by atoms with Crippen LogP contribution in [0.4, 0.5) is 4.39 Å². The Kier molecular flexibility index (Phi) is 3.32. The van der Waals surface area contributed by atoms with Crippen LogP contribution in [-0.4, -0.2) is 9.97 Å². The summed E-state index contributed by atoms with van der Waals surface area (Å²) in [6.45, 7) is 1.86. The summed E-state index contributed by atoms with van der Waals surface area (Å²) in [7, 11) is 0. The maximum absolute atomic E-state index is 13.2. The zero-order chi connectivity index (χ0) is 14.1. The van der Waals surface area contributed by atoms with Gasteiger partial charge in [-0.1, -0.05) is 23.7 Å². The van der Waals surface area contributed by atoms with Gasteiger partial charge in [-0.05, 0) is 37.3 Å². The molecule has 1 aromatic heterocycles. The van der Waals surface area contributed by atoms with Crippen molar-refractivity contribution in [1.29, 1.82) is 0 Å². The van der Waals surface area contributed by atoms with Crippen molar-refractivity contribution in [3.63, 3.8) is 0 Å². The first-order chi connectivity index (χ1) is 9.63. The second kappa shape index (κ2) is 5.13. The van der Waals surface area contributed by atoms with Crippen LogP contribution in [-0.2, 0) is 0 Å². The molecule has 0 radical (unpaired) electrons. The van der Waals surface area contributed by atoms with Crippen LogP contribution in [0, 0.1) is 5.82 Å². The van der Waals surface area contributed by atoms with Crippen LogP contribution in [0.3, 0.4) is 0 Å². The lowest BCUT2D eigenvalue weighted by Crippen LogP contribution is -2.05. The molecule has 0 amide bonds. The molecule has 0 aliphatic carbocycles. The van der Waals surface area contributed by atoms with Crippen LogP contribution in [0.1, 0.15) is 18.9 Å². The predicted octanol–water partition coefficient (Wildman–Crippen LogP) is 4.50. The van der Waals surface area contributed by atoms with E-state index < -0.39 is 0 Å². The number of H-pyrrole nitrogens is 1. The topological polar surface area (TPSA) is 37.9 Å². The summed E-state index contributed by atoms with van der Waals surface area (Å²) in [5, 5.41) is 0.543. The van der Waals surface area contributed by atoms with Crippen molar-refractivity contribution in [1.82, 2.24) is 9.97 Å². The smallest absolute Gasteiger partial charge is 0.153 e. The van der Waals surface area contributed by atoms with Crippen LogP contribution in [0.5, 0.6) is 5.75 Å². The Balaban J connectivity index is 1.89. The Labute approximate surface area is 120 Å². The molecule has 3 aromatic rings. The number of rotatable bonds is 3. The summed E-state index contributed by atoms with van der Waals surface area (Å²) in [5.74, 6) is 0.922. The van der Waals surface area contributed by atoms with Crippen molar-refractivity contribution in [2.75, 3.05) is 0 Å². The zero-order valence-corrected chi connectivity index (χ0v) is 11.5. The SMILES string of the molecule is C[C@@H](Oc1ccccc1Cl)c1nc2ccc(F)cc2[nH]1. The predicted molar refractivity (Wildman–Crippen MR) is 76.5 cm³/mol. The monoisotopic (exact) mass is 290 g/mol. The second-order valence-corrected chi connectivity index (χ2v) is 4.88. The minimum absolute atomic E-state index is 0.299. The van der Waals surface area contributed by atoms with Crippen LogP contribution in [0.15, 0.2) is 42.5 Å². The molecular weight excluding hydrogens is 279 g/mol. The molecule has 1 heterocycles. The molecule has 0 aliphatic rings. The number of fused-ring (bicyclic) bond motifs is 1. The molecule has 0 saturated carbocycles. The molecule has 0 aliphatic heterocycles. The van der Waals surface area contributed by atoms with E-state index in [1.165, 1.54) is 12.1 Å². The lowest BCUT2D eigenvalue weighted by Gasteiger charge is -2.13. The van der Waals surface area contributed by atoms with E-state index in [0.717, 1.165) is 0 Å². The number of benzene rings is 2. The molecule has 0 bridgehead atoms. The van der Waals surface area contributed by atoms with E-state index in [2.05, 4.69) is 9.97 Å². The molecule has 1 N–H and O–H groups in total. The minimum atomic E-state index is -0.314. The third kappa shape index (κ3) is 2.47.